The summed E-state index contributed by atoms with van der Waals surface area (Å²) in [5, 5.41) is 9.59. The van der Waals surface area contributed by atoms with Crippen LogP contribution in [0.15, 0.2) is 54.6 Å². The zero-order valence-electron chi connectivity index (χ0n) is 18.1. The number of piperidine rings is 1. The fraction of sp³-hybridized carbons (Fsp3) is 0.320. The van der Waals surface area contributed by atoms with Gasteiger partial charge < -0.3 is 10.2 Å². The lowest BCUT2D eigenvalue weighted by molar-refractivity contribution is -0.132. The molecule has 32 heavy (non-hydrogen) atoms. The third kappa shape index (κ3) is 5.22. The van der Waals surface area contributed by atoms with Crippen molar-refractivity contribution in [3.63, 3.8) is 0 Å². The van der Waals surface area contributed by atoms with Crippen molar-refractivity contribution >= 4 is 17.5 Å². The van der Waals surface area contributed by atoms with Gasteiger partial charge in [0.15, 0.2) is 5.69 Å². The number of anilines is 1. The van der Waals surface area contributed by atoms with Gasteiger partial charge in [-0.1, -0.05) is 42.0 Å². The van der Waals surface area contributed by atoms with E-state index in [2.05, 4.69) is 40.6 Å². The van der Waals surface area contributed by atoms with Crippen LogP contribution in [0, 0.1) is 12.7 Å². The van der Waals surface area contributed by atoms with Crippen LogP contribution in [0.1, 0.15) is 52.5 Å². The summed E-state index contributed by atoms with van der Waals surface area (Å²) in [7, 11) is 0. The van der Waals surface area contributed by atoms with Gasteiger partial charge >= 0.3 is 0 Å². The second-order valence-electron chi connectivity index (χ2n) is 8.29. The van der Waals surface area contributed by atoms with E-state index in [0.29, 0.717) is 19.5 Å². The molecule has 166 valence electrons. The lowest BCUT2D eigenvalue weighted by atomic mass is 9.93. The van der Waals surface area contributed by atoms with Gasteiger partial charge in [-0.25, -0.2) is 4.39 Å². The molecule has 2 amide bonds. The number of H-pyrrole nitrogens is 1. The summed E-state index contributed by atoms with van der Waals surface area (Å²) in [5.41, 5.74) is 3.61. The number of likely N-dealkylation sites (tertiary alicyclic amines) is 1. The highest BCUT2D eigenvalue weighted by Gasteiger charge is 2.25. The largest absolute Gasteiger partial charge is 0.343 e. The van der Waals surface area contributed by atoms with Crippen molar-refractivity contribution in [1.82, 2.24) is 15.1 Å². The SMILES string of the molecule is Cc1cccc(CCC(=O)N2CCC(c3cc(C(=O)Nc4ccccc4F)n[nH]3)CC2)c1. The number of aromatic nitrogens is 2. The Morgan fingerprint density at radius 1 is 1.12 bits per heavy atom. The molecule has 1 aliphatic rings. The van der Waals surface area contributed by atoms with Crippen LogP contribution in [-0.4, -0.2) is 40.0 Å². The van der Waals surface area contributed by atoms with Crippen LogP contribution in [-0.2, 0) is 11.2 Å². The van der Waals surface area contributed by atoms with E-state index in [1.807, 2.05) is 11.0 Å². The minimum Gasteiger partial charge on any atom is -0.343 e. The average molecular weight is 435 g/mol. The van der Waals surface area contributed by atoms with Crippen LogP contribution >= 0.6 is 0 Å². The molecule has 3 aromatic rings. The summed E-state index contributed by atoms with van der Waals surface area (Å²) in [6, 6.07) is 16.0. The number of rotatable bonds is 6. The molecule has 0 saturated carbocycles. The van der Waals surface area contributed by atoms with Crippen molar-refractivity contribution in [1.29, 1.82) is 0 Å². The highest BCUT2D eigenvalue weighted by Crippen LogP contribution is 2.27. The maximum atomic E-state index is 13.8. The van der Waals surface area contributed by atoms with E-state index in [0.717, 1.165) is 25.0 Å². The average Bonchev–Trinajstić information content (AvgIpc) is 3.30. The van der Waals surface area contributed by atoms with E-state index in [-0.39, 0.29) is 23.2 Å². The highest BCUT2D eigenvalue weighted by molar-refractivity contribution is 6.03. The normalized spacial score (nSPS) is 14.4. The number of aryl methyl sites for hydroxylation is 2. The predicted octanol–water partition coefficient (Wildman–Crippen LogP) is 4.45. The molecule has 2 N–H and O–H groups in total. The molecule has 7 heteroatoms. The first-order chi connectivity index (χ1) is 15.5. The van der Waals surface area contributed by atoms with Crippen LogP contribution in [0.4, 0.5) is 10.1 Å². The maximum Gasteiger partial charge on any atom is 0.276 e. The van der Waals surface area contributed by atoms with E-state index in [9.17, 15) is 14.0 Å². The Morgan fingerprint density at radius 3 is 2.66 bits per heavy atom. The van der Waals surface area contributed by atoms with Gasteiger partial charge in [0, 0.05) is 31.1 Å². The van der Waals surface area contributed by atoms with Gasteiger partial charge in [0.1, 0.15) is 5.82 Å². The number of hydrogen-bond donors (Lipinski definition) is 2. The van der Waals surface area contributed by atoms with E-state index >= 15 is 0 Å². The van der Waals surface area contributed by atoms with E-state index in [1.165, 1.54) is 23.3 Å². The number of para-hydroxylation sites is 1. The van der Waals surface area contributed by atoms with Crippen LogP contribution in [0.2, 0.25) is 0 Å². The number of aromatic amines is 1. The van der Waals surface area contributed by atoms with Crippen LogP contribution < -0.4 is 5.32 Å². The summed E-state index contributed by atoms with van der Waals surface area (Å²) < 4.78 is 13.8. The number of benzene rings is 2. The van der Waals surface area contributed by atoms with E-state index in [4.69, 9.17) is 0 Å². The maximum absolute atomic E-state index is 13.8. The third-order valence-corrected chi connectivity index (χ3v) is 5.95. The molecule has 1 saturated heterocycles. The minimum atomic E-state index is -0.490. The zero-order valence-corrected chi connectivity index (χ0v) is 18.1. The lowest BCUT2D eigenvalue weighted by Gasteiger charge is -2.31. The predicted molar refractivity (Wildman–Crippen MR) is 121 cm³/mol. The molecule has 1 aromatic heterocycles. The summed E-state index contributed by atoms with van der Waals surface area (Å²) in [6.07, 6.45) is 2.89. The zero-order chi connectivity index (χ0) is 22.5. The second-order valence-corrected chi connectivity index (χ2v) is 8.29. The summed E-state index contributed by atoms with van der Waals surface area (Å²) in [4.78, 5) is 26.9. The first kappa shape index (κ1) is 21.7. The molecule has 2 heterocycles. The third-order valence-electron chi connectivity index (χ3n) is 5.95. The number of nitrogens with one attached hydrogen (secondary N) is 2. The van der Waals surface area contributed by atoms with Crippen molar-refractivity contribution in [3.8, 4) is 0 Å². The van der Waals surface area contributed by atoms with Crippen molar-refractivity contribution < 1.29 is 14.0 Å². The molecule has 0 bridgehead atoms. The number of halogens is 1. The number of carbonyl (C=O) groups is 2. The first-order valence-corrected chi connectivity index (χ1v) is 10.9. The van der Waals surface area contributed by atoms with Crippen molar-refractivity contribution in [3.05, 3.63) is 82.9 Å². The molecule has 0 atom stereocenters. The summed E-state index contributed by atoms with van der Waals surface area (Å²) in [6.45, 7) is 3.43. The molecule has 4 rings (SSSR count). The summed E-state index contributed by atoms with van der Waals surface area (Å²) >= 11 is 0. The fourth-order valence-corrected chi connectivity index (χ4v) is 4.13. The molecule has 0 aliphatic carbocycles. The van der Waals surface area contributed by atoms with Gasteiger partial charge in [-0.15, -0.1) is 0 Å². The fourth-order valence-electron chi connectivity index (χ4n) is 4.13. The van der Waals surface area contributed by atoms with Crippen LogP contribution in [0.3, 0.4) is 0 Å². The number of hydrogen-bond acceptors (Lipinski definition) is 3. The molecule has 0 radical (unpaired) electrons. The Hall–Kier alpha value is -3.48. The Kier molecular flexibility index (Phi) is 6.63. The molecule has 2 aromatic carbocycles. The van der Waals surface area contributed by atoms with Gasteiger partial charge in [-0.2, -0.15) is 5.10 Å². The Labute approximate surface area is 186 Å². The standard InChI is InChI=1S/C25H27FN4O2/c1-17-5-4-6-18(15-17)9-10-24(31)30-13-11-19(12-14-30)22-16-23(29-28-22)25(32)27-21-8-3-2-7-20(21)26/h2-8,15-16,19H,9-14H2,1H3,(H,27,32)(H,28,29). The Balaban J connectivity index is 1.28. The quantitative estimate of drug-likeness (QED) is 0.602. The minimum absolute atomic E-state index is 0.125. The Bertz CT molecular complexity index is 1100. The first-order valence-electron chi connectivity index (χ1n) is 10.9. The number of nitrogens with zero attached hydrogens (tertiary/aromatic N) is 2. The Morgan fingerprint density at radius 2 is 1.91 bits per heavy atom. The van der Waals surface area contributed by atoms with Gasteiger partial charge in [0.25, 0.3) is 5.91 Å². The molecule has 0 spiro atoms. The highest BCUT2D eigenvalue weighted by atomic mass is 19.1. The summed E-state index contributed by atoms with van der Waals surface area (Å²) in [5.74, 6) is -0.560. The molecule has 6 nitrogen and oxygen atoms in total. The number of amides is 2. The van der Waals surface area contributed by atoms with E-state index < -0.39 is 11.7 Å². The van der Waals surface area contributed by atoms with Crippen molar-refractivity contribution in [2.75, 3.05) is 18.4 Å². The van der Waals surface area contributed by atoms with Gasteiger partial charge in [-0.3, -0.25) is 14.7 Å². The molecule has 1 fully saturated rings. The number of carbonyl (C=O) groups excluding carboxylic acids is 2. The molecule has 0 unspecified atom stereocenters. The van der Waals surface area contributed by atoms with Crippen molar-refractivity contribution in [2.45, 2.75) is 38.5 Å². The molecule has 1 aliphatic heterocycles. The molecular formula is C25H27FN4O2. The van der Waals surface area contributed by atoms with Gasteiger partial charge in [0.05, 0.1) is 5.69 Å². The second kappa shape index (κ2) is 9.77. The van der Waals surface area contributed by atoms with Crippen molar-refractivity contribution in [2.24, 2.45) is 0 Å². The van der Waals surface area contributed by atoms with Gasteiger partial charge in [-0.05, 0) is 49.9 Å². The van der Waals surface area contributed by atoms with Crippen LogP contribution in [0.5, 0.6) is 0 Å². The lowest BCUT2D eigenvalue weighted by Crippen LogP contribution is -2.38. The smallest absolute Gasteiger partial charge is 0.276 e. The topological polar surface area (TPSA) is 78.1 Å². The van der Waals surface area contributed by atoms with E-state index in [1.54, 1.807) is 18.2 Å². The monoisotopic (exact) mass is 434 g/mol. The molecular weight excluding hydrogens is 407 g/mol. The van der Waals surface area contributed by atoms with Crippen LogP contribution in [0.25, 0.3) is 0 Å². The van der Waals surface area contributed by atoms with Gasteiger partial charge in [0.2, 0.25) is 5.91 Å².